The molecule has 0 saturated carbocycles. The Hall–Kier alpha value is -2.50. The molecular formula is C22H28N4O2. The van der Waals surface area contributed by atoms with Gasteiger partial charge in [0.2, 0.25) is 0 Å². The fourth-order valence-corrected chi connectivity index (χ4v) is 4.46. The number of H-pyrrole nitrogens is 1. The normalized spacial score (nSPS) is 18.4. The van der Waals surface area contributed by atoms with Crippen LogP contribution in [0.4, 0.5) is 0 Å². The van der Waals surface area contributed by atoms with Crippen molar-refractivity contribution in [1.82, 2.24) is 19.9 Å². The minimum absolute atomic E-state index is 0.00832. The highest BCUT2D eigenvalue weighted by atomic mass is 16.2. The highest BCUT2D eigenvalue weighted by molar-refractivity contribution is 5.92. The van der Waals surface area contributed by atoms with Gasteiger partial charge in [-0.2, -0.15) is 0 Å². The van der Waals surface area contributed by atoms with E-state index in [1.165, 1.54) is 0 Å². The summed E-state index contributed by atoms with van der Waals surface area (Å²) in [7, 11) is 0. The average molecular weight is 380 g/mol. The number of hydrogen-bond donors (Lipinski definition) is 1. The molecule has 0 atom stereocenters. The number of aryl methyl sites for hydroxylation is 1. The fraction of sp³-hybridized carbons (Fsp3) is 0.545. The summed E-state index contributed by atoms with van der Waals surface area (Å²) >= 11 is 0. The second-order valence-corrected chi connectivity index (χ2v) is 9.23. The number of rotatable bonds is 1. The topological polar surface area (TPSA) is 79.0 Å². The average Bonchev–Trinajstić information content (AvgIpc) is 3.00. The summed E-state index contributed by atoms with van der Waals surface area (Å²) in [5.74, 6) is 0.742. The molecule has 1 amide bonds. The minimum Gasteiger partial charge on any atom is -0.337 e. The minimum atomic E-state index is -0.203. The number of carbonyl (C=O) groups is 1. The molecule has 1 spiro atoms. The molecule has 2 aliphatic rings. The lowest BCUT2D eigenvalue weighted by Gasteiger charge is -2.39. The number of hydrogen-bond acceptors (Lipinski definition) is 4. The summed E-state index contributed by atoms with van der Waals surface area (Å²) in [5.41, 5.74) is 2.89. The van der Waals surface area contributed by atoms with Gasteiger partial charge in [-0.25, -0.2) is 9.97 Å². The van der Waals surface area contributed by atoms with Crippen LogP contribution in [-0.2, 0) is 17.3 Å². The third-order valence-corrected chi connectivity index (χ3v) is 6.20. The van der Waals surface area contributed by atoms with Gasteiger partial charge >= 0.3 is 0 Å². The van der Waals surface area contributed by atoms with Gasteiger partial charge in [-0.3, -0.25) is 9.59 Å². The van der Waals surface area contributed by atoms with Crippen molar-refractivity contribution in [2.75, 3.05) is 13.1 Å². The maximum Gasteiger partial charge on any atom is 0.272 e. The largest absolute Gasteiger partial charge is 0.337 e. The zero-order chi connectivity index (χ0) is 20.1. The molecule has 0 radical (unpaired) electrons. The van der Waals surface area contributed by atoms with E-state index >= 15 is 0 Å². The first-order chi connectivity index (χ1) is 13.2. The predicted octanol–water partition coefficient (Wildman–Crippen LogP) is 2.89. The maximum atomic E-state index is 12.8. The summed E-state index contributed by atoms with van der Waals surface area (Å²) in [6, 6.07) is 5.55. The van der Waals surface area contributed by atoms with Crippen molar-refractivity contribution < 1.29 is 4.79 Å². The molecule has 0 bridgehead atoms. The number of aromatic amines is 1. The van der Waals surface area contributed by atoms with Gasteiger partial charge in [0.25, 0.3) is 11.5 Å². The SMILES string of the molecule is Cc1cccc(C(=O)N2CCC3(CCc4c3nc(C(C)(C)C)[nH]c4=O)CC2)n1. The number of nitrogens with one attached hydrogen (secondary N) is 1. The van der Waals surface area contributed by atoms with E-state index in [9.17, 15) is 9.59 Å². The van der Waals surface area contributed by atoms with Gasteiger partial charge in [-0.15, -0.1) is 0 Å². The van der Waals surface area contributed by atoms with E-state index in [2.05, 4.69) is 30.7 Å². The number of nitrogens with zero attached hydrogens (tertiary/aromatic N) is 3. The van der Waals surface area contributed by atoms with Gasteiger partial charge in [0, 0.05) is 35.2 Å². The van der Waals surface area contributed by atoms with Gasteiger partial charge in [0.15, 0.2) is 0 Å². The van der Waals surface area contributed by atoms with E-state index in [1.54, 1.807) is 6.07 Å². The fourth-order valence-electron chi connectivity index (χ4n) is 4.46. The highest BCUT2D eigenvalue weighted by Crippen LogP contribution is 2.44. The molecule has 6 nitrogen and oxygen atoms in total. The van der Waals surface area contributed by atoms with Crippen molar-refractivity contribution in [3.8, 4) is 0 Å². The smallest absolute Gasteiger partial charge is 0.272 e. The number of carbonyl (C=O) groups excluding carboxylic acids is 1. The molecule has 0 aromatic carbocycles. The molecule has 0 unspecified atom stereocenters. The second kappa shape index (κ2) is 6.54. The second-order valence-electron chi connectivity index (χ2n) is 9.23. The molecule has 1 aliphatic carbocycles. The third kappa shape index (κ3) is 3.15. The lowest BCUT2D eigenvalue weighted by molar-refractivity contribution is 0.0657. The Kier molecular flexibility index (Phi) is 4.40. The van der Waals surface area contributed by atoms with Crippen LogP contribution in [0.15, 0.2) is 23.0 Å². The lowest BCUT2D eigenvalue weighted by atomic mass is 9.76. The van der Waals surface area contributed by atoms with Gasteiger partial charge in [0.05, 0.1) is 5.69 Å². The third-order valence-electron chi connectivity index (χ3n) is 6.20. The standard InChI is InChI=1S/C22H28N4O2/c1-14-6-5-7-16(23-14)19(28)26-12-10-22(11-13-26)9-8-15-17(22)24-20(21(2,3)4)25-18(15)27/h5-7H,8-13H2,1-4H3,(H,24,25,27). The Bertz CT molecular complexity index is 979. The van der Waals surface area contributed by atoms with E-state index in [-0.39, 0.29) is 22.3 Å². The number of fused-ring (bicyclic) bond motifs is 2. The van der Waals surface area contributed by atoms with Crippen LogP contribution in [0.25, 0.3) is 0 Å². The molecular weight excluding hydrogens is 352 g/mol. The first kappa shape index (κ1) is 18.8. The predicted molar refractivity (Wildman–Crippen MR) is 108 cm³/mol. The highest BCUT2D eigenvalue weighted by Gasteiger charge is 2.45. The summed E-state index contributed by atoms with van der Waals surface area (Å²) in [6.45, 7) is 9.44. The summed E-state index contributed by atoms with van der Waals surface area (Å²) < 4.78 is 0. The van der Waals surface area contributed by atoms with Crippen LogP contribution in [0.3, 0.4) is 0 Å². The zero-order valence-corrected chi connectivity index (χ0v) is 17.1. The van der Waals surface area contributed by atoms with Crippen LogP contribution in [-0.4, -0.2) is 38.8 Å². The first-order valence-electron chi connectivity index (χ1n) is 10.1. The van der Waals surface area contributed by atoms with Crippen molar-refractivity contribution in [2.24, 2.45) is 0 Å². The van der Waals surface area contributed by atoms with Crippen molar-refractivity contribution >= 4 is 5.91 Å². The Morgan fingerprint density at radius 1 is 1.14 bits per heavy atom. The summed E-state index contributed by atoms with van der Waals surface area (Å²) in [6.07, 6.45) is 3.40. The van der Waals surface area contributed by atoms with Crippen molar-refractivity contribution in [3.05, 3.63) is 57.0 Å². The zero-order valence-electron chi connectivity index (χ0n) is 17.1. The van der Waals surface area contributed by atoms with Crippen molar-refractivity contribution in [1.29, 1.82) is 0 Å². The molecule has 28 heavy (non-hydrogen) atoms. The number of aromatic nitrogens is 3. The van der Waals surface area contributed by atoms with Gasteiger partial charge in [-0.05, 0) is 44.7 Å². The van der Waals surface area contributed by atoms with E-state index in [4.69, 9.17) is 4.98 Å². The number of amides is 1. The lowest BCUT2D eigenvalue weighted by Crippen LogP contribution is -2.45. The molecule has 1 saturated heterocycles. The van der Waals surface area contributed by atoms with Gasteiger partial charge < -0.3 is 9.88 Å². The van der Waals surface area contributed by atoms with Crippen LogP contribution in [0.2, 0.25) is 0 Å². The number of likely N-dealkylation sites (tertiary alicyclic amines) is 1. The molecule has 148 valence electrons. The molecule has 1 fully saturated rings. The monoisotopic (exact) mass is 380 g/mol. The Labute approximate surface area is 165 Å². The Morgan fingerprint density at radius 3 is 2.50 bits per heavy atom. The van der Waals surface area contributed by atoms with E-state index < -0.39 is 0 Å². The Balaban J connectivity index is 1.59. The van der Waals surface area contributed by atoms with Crippen LogP contribution < -0.4 is 5.56 Å². The Morgan fingerprint density at radius 2 is 1.86 bits per heavy atom. The molecule has 4 rings (SSSR count). The van der Waals surface area contributed by atoms with Crippen molar-refractivity contribution in [2.45, 2.75) is 64.2 Å². The van der Waals surface area contributed by atoms with Crippen LogP contribution >= 0.6 is 0 Å². The van der Waals surface area contributed by atoms with E-state index in [1.807, 2.05) is 24.0 Å². The van der Waals surface area contributed by atoms with Crippen LogP contribution in [0, 0.1) is 6.92 Å². The molecule has 1 aliphatic heterocycles. The van der Waals surface area contributed by atoms with E-state index in [0.717, 1.165) is 48.5 Å². The van der Waals surface area contributed by atoms with Crippen molar-refractivity contribution in [3.63, 3.8) is 0 Å². The molecule has 2 aromatic heterocycles. The first-order valence-corrected chi connectivity index (χ1v) is 10.1. The van der Waals surface area contributed by atoms with Gasteiger partial charge in [0.1, 0.15) is 11.5 Å². The summed E-state index contributed by atoms with van der Waals surface area (Å²) in [5, 5.41) is 0. The molecule has 1 N–H and O–H groups in total. The van der Waals surface area contributed by atoms with E-state index in [0.29, 0.717) is 18.8 Å². The molecule has 3 heterocycles. The summed E-state index contributed by atoms with van der Waals surface area (Å²) in [4.78, 5) is 39.6. The quantitative estimate of drug-likeness (QED) is 0.825. The number of pyridine rings is 1. The van der Waals surface area contributed by atoms with Crippen LogP contribution in [0.5, 0.6) is 0 Å². The maximum absolute atomic E-state index is 12.8. The molecule has 2 aromatic rings. The molecule has 6 heteroatoms. The van der Waals surface area contributed by atoms with Crippen LogP contribution in [0.1, 0.15) is 73.3 Å². The number of piperidine rings is 1. The van der Waals surface area contributed by atoms with Gasteiger partial charge in [-0.1, -0.05) is 26.8 Å².